The zero-order chi connectivity index (χ0) is 20.2. The van der Waals surface area contributed by atoms with Gasteiger partial charge in [0.1, 0.15) is 5.69 Å². The monoisotopic (exact) mass is 392 g/mol. The standard InChI is InChI=1S/C21H24N6O2/c1-15(28)23-14-16-4-3-5-17(12-16)21-24-20(25-29-21)19-13-18(6-7-22-19)27-10-8-26(2)9-11-27/h3-7,12-13H,8-11,14H2,1-2H3,(H,23,28). The van der Waals surface area contributed by atoms with Crippen LogP contribution in [0.2, 0.25) is 0 Å². The summed E-state index contributed by atoms with van der Waals surface area (Å²) in [5.41, 5.74) is 3.58. The highest BCUT2D eigenvalue weighted by Gasteiger charge is 2.17. The third-order valence-corrected chi connectivity index (χ3v) is 4.98. The van der Waals surface area contributed by atoms with Crippen molar-refractivity contribution >= 4 is 11.6 Å². The van der Waals surface area contributed by atoms with Gasteiger partial charge in [-0.3, -0.25) is 9.78 Å². The Morgan fingerprint density at radius 3 is 2.79 bits per heavy atom. The summed E-state index contributed by atoms with van der Waals surface area (Å²) < 4.78 is 5.48. The molecule has 8 nitrogen and oxygen atoms in total. The van der Waals surface area contributed by atoms with Gasteiger partial charge in [-0.15, -0.1) is 0 Å². The fourth-order valence-corrected chi connectivity index (χ4v) is 3.29. The summed E-state index contributed by atoms with van der Waals surface area (Å²) in [6.07, 6.45) is 1.78. The summed E-state index contributed by atoms with van der Waals surface area (Å²) in [5.74, 6) is 0.821. The first-order valence-corrected chi connectivity index (χ1v) is 9.66. The predicted octanol–water partition coefficient (Wildman–Crippen LogP) is 2.19. The highest BCUT2D eigenvalue weighted by atomic mass is 16.5. The number of hydrogen-bond donors (Lipinski definition) is 1. The van der Waals surface area contributed by atoms with Crippen molar-refractivity contribution in [2.24, 2.45) is 0 Å². The second kappa shape index (κ2) is 8.40. The molecule has 29 heavy (non-hydrogen) atoms. The molecule has 1 aromatic carbocycles. The van der Waals surface area contributed by atoms with E-state index in [1.54, 1.807) is 6.20 Å². The van der Waals surface area contributed by atoms with E-state index in [9.17, 15) is 4.79 Å². The van der Waals surface area contributed by atoms with Crippen molar-refractivity contribution in [3.8, 4) is 23.0 Å². The molecule has 0 saturated carbocycles. The lowest BCUT2D eigenvalue weighted by atomic mass is 10.1. The molecule has 1 fully saturated rings. The Balaban J connectivity index is 1.53. The number of aromatic nitrogens is 3. The van der Waals surface area contributed by atoms with Gasteiger partial charge in [-0.1, -0.05) is 17.3 Å². The maximum Gasteiger partial charge on any atom is 0.258 e. The maximum atomic E-state index is 11.1. The molecule has 1 aliphatic rings. The second-order valence-corrected chi connectivity index (χ2v) is 7.22. The SMILES string of the molecule is CC(=O)NCc1cccc(-c2nc(-c3cc(N4CCN(C)CC4)ccn3)no2)c1. The van der Waals surface area contributed by atoms with Gasteiger partial charge in [0.15, 0.2) is 0 Å². The number of nitrogens with zero attached hydrogens (tertiary/aromatic N) is 5. The van der Waals surface area contributed by atoms with Crippen LogP contribution in [0.3, 0.4) is 0 Å². The summed E-state index contributed by atoms with van der Waals surface area (Å²) in [5, 5.41) is 6.91. The molecule has 1 saturated heterocycles. The van der Waals surface area contributed by atoms with Crippen LogP contribution in [0.5, 0.6) is 0 Å². The maximum absolute atomic E-state index is 11.1. The first kappa shape index (κ1) is 19.1. The van der Waals surface area contributed by atoms with E-state index in [1.807, 2.05) is 36.4 Å². The quantitative estimate of drug-likeness (QED) is 0.712. The fraction of sp³-hybridized carbons (Fsp3) is 0.333. The zero-order valence-electron chi connectivity index (χ0n) is 16.6. The summed E-state index contributed by atoms with van der Waals surface area (Å²) in [6, 6.07) is 11.7. The molecule has 2 aromatic heterocycles. The van der Waals surface area contributed by atoms with Crippen LogP contribution in [0, 0.1) is 0 Å². The molecular weight excluding hydrogens is 368 g/mol. The Hall–Kier alpha value is -3.26. The number of carbonyl (C=O) groups is 1. The highest BCUT2D eigenvalue weighted by Crippen LogP contribution is 2.25. The van der Waals surface area contributed by atoms with Crippen LogP contribution in [0.25, 0.3) is 23.0 Å². The van der Waals surface area contributed by atoms with Gasteiger partial charge in [-0.2, -0.15) is 4.98 Å². The number of anilines is 1. The zero-order valence-corrected chi connectivity index (χ0v) is 16.6. The third kappa shape index (κ3) is 4.60. The summed E-state index contributed by atoms with van der Waals surface area (Å²) in [7, 11) is 2.14. The topological polar surface area (TPSA) is 87.4 Å². The average molecular weight is 392 g/mol. The van der Waals surface area contributed by atoms with E-state index in [2.05, 4.69) is 37.3 Å². The van der Waals surface area contributed by atoms with Crippen LogP contribution < -0.4 is 10.2 Å². The normalized spacial score (nSPS) is 14.8. The number of hydrogen-bond acceptors (Lipinski definition) is 7. The van der Waals surface area contributed by atoms with E-state index in [-0.39, 0.29) is 5.91 Å². The smallest absolute Gasteiger partial charge is 0.258 e. The number of pyridine rings is 1. The van der Waals surface area contributed by atoms with E-state index in [0.717, 1.165) is 43.0 Å². The minimum Gasteiger partial charge on any atom is -0.369 e. The van der Waals surface area contributed by atoms with Gasteiger partial charge >= 0.3 is 0 Å². The van der Waals surface area contributed by atoms with Crippen molar-refractivity contribution in [3.63, 3.8) is 0 Å². The first-order valence-electron chi connectivity index (χ1n) is 9.66. The molecular formula is C21H24N6O2. The number of nitrogens with one attached hydrogen (secondary N) is 1. The molecule has 0 radical (unpaired) electrons. The van der Waals surface area contributed by atoms with E-state index in [0.29, 0.717) is 24.0 Å². The molecule has 0 aliphatic carbocycles. The van der Waals surface area contributed by atoms with Crippen LogP contribution >= 0.6 is 0 Å². The average Bonchev–Trinajstić information content (AvgIpc) is 3.24. The number of benzene rings is 1. The molecule has 0 bridgehead atoms. The molecule has 3 aromatic rings. The molecule has 0 atom stereocenters. The predicted molar refractivity (Wildman–Crippen MR) is 110 cm³/mol. The number of likely N-dealkylation sites (N-methyl/N-ethyl adjacent to an activating group) is 1. The molecule has 1 aliphatic heterocycles. The molecule has 0 spiro atoms. The van der Waals surface area contributed by atoms with Crippen LogP contribution in [0.1, 0.15) is 12.5 Å². The van der Waals surface area contributed by atoms with E-state index < -0.39 is 0 Å². The van der Waals surface area contributed by atoms with Gasteiger partial charge in [-0.25, -0.2) is 0 Å². The molecule has 1 amide bonds. The van der Waals surface area contributed by atoms with Crippen LogP contribution in [0.4, 0.5) is 5.69 Å². The Morgan fingerprint density at radius 2 is 2.00 bits per heavy atom. The van der Waals surface area contributed by atoms with E-state index in [1.165, 1.54) is 6.92 Å². The molecule has 3 heterocycles. The Labute approximate surface area is 169 Å². The number of piperazine rings is 1. The molecule has 0 unspecified atom stereocenters. The van der Waals surface area contributed by atoms with Crippen molar-refractivity contribution in [1.29, 1.82) is 0 Å². The minimum absolute atomic E-state index is 0.0678. The van der Waals surface area contributed by atoms with Crippen molar-refractivity contribution in [2.75, 3.05) is 38.1 Å². The number of rotatable bonds is 5. The van der Waals surface area contributed by atoms with Gasteiger partial charge in [0.2, 0.25) is 11.7 Å². The lowest BCUT2D eigenvalue weighted by Crippen LogP contribution is -2.44. The van der Waals surface area contributed by atoms with Gasteiger partial charge in [0, 0.05) is 57.1 Å². The first-order chi connectivity index (χ1) is 14.1. The highest BCUT2D eigenvalue weighted by molar-refractivity contribution is 5.72. The van der Waals surface area contributed by atoms with Gasteiger partial charge in [0.05, 0.1) is 0 Å². The van der Waals surface area contributed by atoms with Crippen molar-refractivity contribution in [3.05, 3.63) is 48.2 Å². The summed E-state index contributed by atoms with van der Waals surface area (Å²) >= 11 is 0. The van der Waals surface area contributed by atoms with Gasteiger partial charge < -0.3 is 19.6 Å². The largest absolute Gasteiger partial charge is 0.369 e. The lowest BCUT2D eigenvalue weighted by molar-refractivity contribution is -0.119. The van der Waals surface area contributed by atoms with Crippen LogP contribution in [-0.4, -0.2) is 59.2 Å². The molecule has 150 valence electrons. The Kier molecular flexibility index (Phi) is 5.53. The van der Waals surface area contributed by atoms with Crippen molar-refractivity contribution in [1.82, 2.24) is 25.3 Å². The summed E-state index contributed by atoms with van der Waals surface area (Å²) in [6.45, 7) is 6.00. The summed E-state index contributed by atoms with van der Waals surface area (Å²) in [4.78, 5) is 24.7. The fourth-order valence-electron chi connectivity index (χ4n) is 3.29. The number of amides is 1. The van der Waals surface area contributed by atoms with Gasteiger partial charge in [0.25, 0.3) is 5.89 Å². The Morgan fingerprint density at radius 1 is 1.17 bits per heavy atom. The van der Waals surface area contributed by atoms with Crippen LogP contribution in [-0.2, 0) is 11.3 Å². The molecule has 8 heteroatoms. The molecule has 4 rings (SSSR count). The van der Waals surface area contributed by atoms with E-state index in [4.69, 9.17) is 4.52 Å². The van der Waals surface area contributed by atoms with Crippen molar-refractivity contribution in [2.45, 2.75) is 13.5 Å². The van der Waals surface area contributed by atoms with E-state index >= 15 is 0 Å². The third-order valence-electron chi connectivity index (χ3n) is 4.98. The van der Waals surface area contributed by atoms with Gasteiger partial charge in [-0.05, 0) is 36.9 Å². The Bertz CT molecular complexity index is 994. The lowest BCUT2D eigenvalue weighted by Gasteiger charge is -2.34. The minimum atomic E-state index is -0.0678. The van der Waals surface area contributed by atoms with Crippen molar-refractivity contribution < 1.29 is 9.32 Å². The second-order valence-electron chi connectivity index (χ2n) is 7.22. The molecule has 1 N–H and O–H groups in total. The van der Waals surface area contributed by atoms with Crippen LogP contribution in [0.15, 0.2) is 47.1 Å². The number of carbonyl (C=O) groups excluding carboxylic acids is 1.